The number of thioether (sulfide) groups is 1. The summed E-state index contributed by atoms with van der Waals surface area (Å²) in [5, 5.41) is 14.3. The van der Waals surface area contributed by atoms with E-state index >= 15 is 0 Å². The van der Waals surface area contributed by atoms with Crippen LogP contribution in [0.3, 0.4) is 0 Å². The topological polar surface area (TPSA) is 56.7 Å². The van der Waals surface area contributed by atoms with Gasteiger partial charge in [-0.2, -0.15) is 0 Å². The molecule has 2 heterocycles. The van der Waals surface area contributed by atoms with E-state index in [1.165, 1.54) is 31.2 Å². The molecular formula is C22H28N4OS. The van der Waals surface area contributed by atoms with E-state index in [2.05, 4.69) is 58.0 Å². The Labute approximate surface area is 170 Å². The Balaban J connectivity index is 1.71. The van der Waals surface area contributed by atoms with Crippen molar-refractivity contribution in [1.82, 2.24) is 19.9 Å². The van der Waals surface area contributed by atoms with Gasteiger partial charge in [0.15, 0.2) is 11.0 Å². The Morgan fingerprint density at radius 3 is 2.68 bits per heavy atom. The summed E-state index contributed by atoms with van der Waals surface area (Å²) in [6.07, 6.45) is 5.05. The molecule has 0 aliphatic heterocycles. The molecule has 0 N–H and O–H groups in total. The average molecular weight is 397 g/mol. The van der Waals surface area contributed by atoms with Crippen LogP contribution in [0.4, 0.5) is 0 Å². The zero-order valence-corrected chi connectivity index (χ0v) is 17.9. The first-order valence-corrected chi connectivity index (χ1v) is 11.1. The molecule has 2 atom stereocenters. The molecule has 0 bridgehead atoms. The van der Waals surface area contributed by atoms with Crippen LogP contribution in [0, 0.1) is 26.7 Å². The standard InChI is InChI=1S/C22H28N4OS/c1-14-8-7-10-18(12-14)21-23-24-22(26(21)20-11-6-5-9-15(20)2)28-13-19-16(3)25-27-17(19)4/h7-8,10,12,15,20H,5-6,9,11,13H2,1-4H3/t15-,20-/m1/s1. The summed E-state index contributed by atoms with van der Waals surface area (Å²) in [6, 6.07) is 9.03. The van der Waals surface area contributed by atoms with Crippen LogP contribution < -0.4 is 0 Å². The molecule has 1 fully saturated rings. The Morgan fingerprint density at radius 1 is 1.14 bits per heavy atom. The van der Waals surface area contributed by atoms with Crippen molar-refractivity contribution in [1.29, 1.82) is 0 Å². The van der Waals surface area contributed by atoms with Gasteiger partial charge in [-0.25, -0.2) is 0 Å². The number of rotatable bonds is 5. The second-order valence-electron chi connectivity index (χ2n) is 7.97. The summed E-state index contributed by atoms with van der Waals surface area (Å²) in [5.41, 5.74) is 4.51. The van der Waals surface area contributed by atoms with Crippen molar-refractivity contribution >= 4 is 11.8 Å². The van der Waals surface area contributed by atoms with Crippen LogP contribution in [-0.2, 0) is 5.75 Å². The summed E-state index contributed by atoms with van der Waals surface area (Å²) in [7, 11) is 0. The minimum atomic E-state index is 0.450. The molecule has 0 amide bonds. The van der Waals surface area contributed by atoms with Gasteiger partial charge in [0, 0.05) is 22.9 Å². The first-order valence-electron chi connectivity index (χ1n) is 10.1. The number of aromatic nitrogens is 4. The van der Waals surface area contributed by atoms with Gasteiger partial charge >= 0.3 is 0 Å². The van der Waals surface area contributed by atoms with E-state index in [1.807, 2.05) is 13.8 Å². The molecule has 0 saturated heterocycles. The Morgan fingerprint density at radius 2 is 1.96 bits per heavy atom. The number of nitrogens with zero attached hydrogens (tertiary/aromatic N) is 4. The van der Waals surface area contributed by atoms with E-state index in [0.29, 0.717) is 12.0 Å². The Kier molecular flexibility index (Phi) is 5.58. The summed E-state index contributed by atoms with van der Waals surface area (Å²) in [4.78, 5) is 0. The van der Waals surface area contributed by atoms with Crippen molar-refractivity contribution in [2.75, 3.05) is 0 Å². The van der Waals surface area contributed by atoms with Crippen LogP contribution in [0.1, 0.15) is 61.2 Å². The summed E-state index contributed by atoms with van der Waals surface area (Å²) in [6.45, 7) is 8.47. The van der Waals surface area contributed by atoms with Gasteiger partial charge < -0.3 is 4.52 Å². The molecule has 148 valence electrons. The summed E-state index contributed by atoms with van der Waals surface area (Å²) < 4.78 is 7.73. The fourth-order valence-electron chi connectivity index (χ4n) is 4.18. The van der Waals surface area contributed by atoms with Crippen LogP contribution in [0.25, 0.3) is 11.4 Å². The minimum absolute atomic E-state index is 0.450. The lowest BCUT2D eigenvalue weighted by atomic mass is 9.85. The molecule has 1 aliphatic rings. The van der Waals surface area contributed by atoms with Crippen molar-refractivity contribution in [2.45, 2.75) is 70.3 Å². The molecular weight excluding hydrogens is 368 g/mol. The number of aryl methyl sites for hydroxylation is 3. The quantitative estimate of drug-likeness (QED) is 0.502. The third-order valence-electron chi connectivity index (χ3n) is 5.87. The molecule has 28 heavy (non-hydrogen) atoms. The van der Waals surface area contributed by atoms with E-state index in [9.17, 15) is 0 Å². The maximum Gasteiger partial charge on any atom is 0.192 e. The van der Waals surface area contributed by atoms with Crippen LogP contribution in [-0.4, -0.2) is 19.9 Å². The predicted octanol–water partition coefficient (Wildman–Crippen LogP) is 5.90. The Bertz CT molecular complexity index is 942. The van der Waals surface area contributed by atoms with Crippen LogP contribution >= 0.6 is 11.8 Å². The second kappa shape index (κ2) is 8.11. The zero-order valence-electron chi connectivity index (χ0n) is 17.1. The molecule has 3 aromatic rings. The van der Waals surface area contributed by atoms with Crippen LogP contribution in [0.2, 0.25) is 0 Å². The highest BCUT2D eigenvalue weighted by atomic mass is 32.2. The van der Waals surface area contributed by atoms with Crippen LogP contribution in [0.15, 0.2) is 33.9 Å². The molecule has 0 unspecified atom stereocenters. The number of hydrogen-bond donors (Lipinski definition) is 0. The van der Waals surface area contributed by atoms with E-state index in [0.717, 1.165) is 39.3 Å². The highest BCUT2D eigenvalue weighted by Crippen LogP contribution is 2.39. The van der Waals surface area contributed by atoms with Gasteiger partial charge in [0.05, 0.1) is 5.69 Å². The fraction of sp³-hybridized carbons (Fsp3) is 0.500. The largest absolute Gasteiger partial charge is 0.361 e. The SMILES string of the molecule is Cc1cccc(-c2nnc(SCc3c(C)noc3C)n2[C@@H]2CCCC[C@H]2C)c1. The van der Waals surface area contributed by atoms with Gasteiger partial charge in [0.25, 0.3) is 0 Å². The zero-order chi connectivity index (χ0) is 19.7. The highest BCUT2D eigenvalue weighted by molar-refractivity contribution is 7.98. The maximum absolute atomic E-state index is 5.33. The van der Waals surface area contributed by atoms with Crippen molar-refractivity contribution < 1.29 is 4.52 Å². The van der Waals surface area contributed by atoms with Gasteiger partial charge in [-0.1, -0.05) is 60.4 Å². The molecule has 2 aromatic heterocycles. The molecule has 4 rings (SSSR count). The first-order chi connectivity index (χ1) is 13.5. The fourth-order valence-corrected chi connectivity index (χ4v) is 5.33. The lowest BCUT2D eigenvalue weighted by molar-refractivity contribution is 0.247. The predicted molar refractivity (Wildman–Crippen MR) is 112 cm³/mol. The van der Waals surface area contributed by atoms with Crippen LogP contribution in [0.5, 0.6) is 0 Å². The summed E-state index contributed by atoms with van der Waals surface area (Å²) in [5.74, 6) is 3.31. The Hall–Kier alpha value is -2.08. The minimum Gasteiger partial charge on any atom is -0.361 e. The number of hydrogen-bond acceptors (Lipinski definition) is 5. The van der Waals surface area contributed by atoms with Gasteiger partial charge in [0.2, 0.25) is 0 Å². The van der Waals surface area contributed by atoms with E-state index in [-0.39, 0.29) is 0 Å². The smallest absolute Gasteiger partial charge is 0.192 e. The second-order valence-corrected chi connectivity index (χ2v) is 8.91. The monoisotopic (exact) mass is 396 g/mol. The van der Waals surface area contributed by atoms with Gasteiger partial charge in [-0.05, 0) is 45.6 Å². The van der Waals surface area contributed by atoms with Gasteiger partial charge in [-0.3, -0.25) is 4.57 Å². The van der Waals surface area contributed by atoms with Gasteiger partial charge in [0.1, 0.15) is 5.76 Å². The lowest BCUT2D eigenvalue weighted by Gasteiger charge is -2.31. The lowest BCUT2D eigenvalue weighted by Crippen LogP contribution is -2.22. The van der Waals surface area contributed by atoms with E-state index < -0.39 is 0 Å². The molecule has 1 saturated carbocycles. The van der Waals surface area contributed by atoms with E-state index in [1.54, 1.807) is 11.8 Å². The molecule has 0 spiro atoms. The molecule has 5 nitrogen and oxygen atoms in total. The average Bonchev–Trinajstić information content (AvgIpc) is 3.24. The molecule has 6 heteroatoms. The van der Waals surface area contributed by atoms with E-state index in [4.69, 9.17) is 4.52 Å². The molecule has 0 radical (unpaired) electrons. The number of benzene rings is 1. The summed E-state index contributed by atoms with van der Waals surface area (Å²) >= 11 is 1.74. The molecule has 1 aromatic carbocycles. The van der Waals surface area contributed by atoms with Crippen molar-refractivity contribution in [3.8, 4) is 11.4 Å². The van der Waals surface area contributed by atoms with Crippen molar-refractivity contribution in [2.24, 2.45) is 5.92 Å². The van der Waals surface area contributed by atoms with Crippen molar-refractivity contribution in [3.63, 3.8) is 0 Å². The van der Waals surface area contributed by atoms with Crippen molar-refractivity contribution in [3.05, 3.63) is 46.8 Å². The van der Waals surface area contributed by atoms with Gasteiger partial charge in [-0.15, -0.1) is 10.2 Å². The highest BCUT2D eigenvalue weighted by Gasteiger charge is 2.29. The third kappa shape index (κ3) is 3.75. The first kappa shape index (κ1) is 19.2. The third-order valence-corrected chi connectivity index (χ3v) is 6.84. The maximum atomic E-state index is 5.33. The molecule has 1 aliphatic carbocycles. The normalized spacial score (nSPS) is 19.9.